The molecule has 0 amide bonds. The van der Waals surface area contributed by atoms with Gasteiger partial charge in [-0.1, -0.05) is 29.8 Å². The summed E-state index contributed by atoms with van der Waals surface area (Å²) in [6.45, 7) is 8.90. The molecule has 0 bridgehead atoms. The Labute approximate surface area is 162 Å². The van der Waals surface area contributed by atoms with E-state index in [-0.39, 0.29) is 22.1 Å². The third-order valence-electron chi connectivity index (χ3n) is 4.27. The van der Waals surface area contributed by atoms with E-state index in [9.17, 15) is 13.2 Å². The van der Waals surface area contributed by atoms with Gasteiger partial charge in [0.1, 0.15) is 5.82 Å². The highest BCUT2D eigenvalue weighted by molar-refractivity contribution is 7.97. The second-order valence-electron chi connectivity index (χ2n) is 6.19. The first-order chi connectivity index (χ1) is 12.3. The highest BCUT2D eigenvalue weighted by Gasteiger charge is 2.25. The average molecular weight is 400 g/mol. The van der Waals surface area contributed by atoms with E-state index in [1.54, 1.807) is 18.2 Å². The lowest BCUT2D eigenvalue weighted by Gasteiger charge is -2.28. The predicted molar refractivity (Wildman–Crippen MR) is 103 cm³/mol. The van der Waals surface area contributed by atoms with Crippen molar-refractivity contribution in [3.8, 4) is 0 Å². The first kappa shape index (κ1) is 20.9. The monoisotopic (exact) mass is 399 g/mol. The molecule has 6 heteroatoms. The molecule has 0 saturated heterocycles. The van der Waals surface area contributed by atoms with E-state index >= 15 is 0 Å². The van der Waals surface area contributed by atoms with Crippen molar-refractivity contribution in [3.63, 3.8) is 0 Å². The van der Waals surface area contributed by atoms with Gasteiger partial charge in [-0.3, -0.25) is 0 Å². The summed E-state index contributed by atoms with van der Waals surface area (Å²) in [4.78, 5) is -0.324. The lowest BCUT2D eigenvalue weighted by Crippen LogP contribution is -2.26. The molecule has 0 heterocycles. The third-order valence-corrected chi connectivity index (χ3v) is 5.79. The SMILES string of the molecule is C=CCC(C)N(Cc1ccc(Cl)cc1)Sc1c(F)c(C)c(C)c(F)c1F. The number of hydrogen-bond acceptors (Lipinski definition) is 2. The van der Waals surface area contributed by atoms with Crippen molar-refractivity contribution in [2.24, 2.45) is 0 Å². The highest BCUT2D eigenvalue weighted by Crippen LogP contribution is 2.36. The zero-order valence-electron chi connectivity index (χ0n) is 15.0. The molecule has 2 aromatic carbocycles. The fourth-order valence-corrected chi connectivity index (χ4v) is 3.71. The Morgan fingerprint density at radius 3 is 2.23 bits per heavy atom. The van der Waals surface area contributed by atoms with Crippen molar-refractivity contribution in [1.29, 1.82) is 0 Å². The third kappa shape index (κ3) is 4.64. The van der Waals surface area contributed by atoms with Crippen molar-refractivity contribution in [3.05, 3.63) is 76.1 Å². The molecule has 0 aromatic heterocycles. The maximum atomic E-state index is 14.6. The van der Waals surface area contributed by atoms with Crippen LogP contribution >= 0.6 is 23.5 Å². The molecule has 0 saturated carbocycles. The number of nitrogens with zero attached hydrogens (tertiary/aromatic N) is 1. The molecule has 2 rings (SSSR count). The van der Waals surface area contributed by atoms with E-state index in [0.29, 0.717) is 18.0 Å². The summed E-state index contributed by atoms with van der Waals surface area (Å²) >= 11 is 6.80. The van der Waals surface area contributed by atoms with Crippen LogP contribution in [-0.4, -0.2) is 10.3 Å². The summed E-state index contributed by atoms with van der Waals surface area (Å²) in [5.74, 6) is -2.88. The fourth-order valence-electron chi connectivity index (χ4n) is 2.46. The molecule has 26 heavy (non-hydrogen) atoms. The van der Waals surface area contributed by atoms with Gasteiger partial charge in [0.2, 0.25) is 0 Å². The van der Waals surface area contributed by atoms with E-state index in [1.807, 2.05) is 23.4 Å². The first-order valence-corrected chi connectivity index (χ1v) is 9.35. The molecular formula is C20H21ClF3NS. The number of hydrogen-bond donors (Lipinski definition) is 0. The molecule has 0 N–H and O–H groups in total. The maximum Gasteiger partial charge on any atom is 0.176 e. The minimum atomic E-state index is -1.15. The van der Waals surface area contributed by atoms with Crippen molar-refractivity contribution in [2.75, 3.05) is 0 Å². The molecule has 1 nitrogen and oxygen atoms in total. The fraction of sp³-hybridized carbons (Fsp3) is 0.300. The Morgan fingerprint density at radius 1 is 1.08 bits per heavy atom. The molecule has 0 fully saturated rings. The van der Waals surface area contributed by atoms with Gasteiger partial charge < -0.3 is 0 Å². The van der Waals surface area contributed by atoms with E-state index in [2.05, 4.69) is 6.58 Å². The van der Waals surface area contributed by atoms with Crippen LogP contribution in [0.25, 0.3) is 0 Å². The van der Waals surface area contributed by atoms with Gasteiger partial charge >= 0.3 is 0 Å². The molecule has 0 aliphatic rings. The summed E-state index contributed by atoms with van der Waals surface area (Å²) in [5, 5.41) is 0.611. The smallest absolute Gasteiger partial charge is 0.176 e. The normalized spacial score (nSPS) is 12.5. The zero-order chi connectivity index (χ0) is 19.4. The van der Waals surface area contributed by atoms with E-state index in [0.717, 1.165) is 17.5 Å². The lowest BCUT2D eigenvalue weighted by atomic mass is 10.1. The van der Waals surface area contributed by atoms with Crippen LogP contribution in [0.2, 0.25) is 5.02 Å². The van der Waals surface area contributed by atoms with Gasteiger partial charge in [0, 0.05) is 17.6 Å². The average Bonchev–Trinajstić information content (AvgIpc) is 2.62. The molecule has 0 spiro atoms. The van der Waals surface area contributed by atoms with Gasteiger partial charge in [-0.15, -0.1) is 6.58 Å². The zero-order valence-corrected chi connectivity index (χ0v) is 16.5. The topological polar surface area (TPSA) is 3.24 Å². The van der Waals surface area contributed by atoms with Crippen LogP contribution in [0.3, 0.4) is 0 Å². The van der Waals surface area contributed by atoms with Crippen LogP contribution in [0.1, 0.15) is 30.0 Å². The number of halogens is 4. The molecule has 1 unspecified atom stereocenters. The molecule has 0 aliphatic carbocycles. The Balaban J connectivity index is 2.38. The van der Waals surface area contributed by atoms with Crippen LogP contribution in [-0.2, 0) is 6.54 Å². The van der Waals surface area contributed by atoms with Crippen LogP contribution < -0.4 is 0 Å². The Morgan fingerprint density at radius 2 is 1.65 bits per heavy atom. The van der Waals surface area contributed by atoms with Crippen LogP contribution in [0.4, 0.5) is 13.2 Å². The largest absolute Gasteiger partial charge is 0.239 e. The summed E-state index contributed by atoms with van der Waals surface area (Å²) in [5.41, 5.74) is 1.05. The standard InChI is InChI=1S/C20H21ClF3NS/c1-5-6-12(2)25(11-15-7-9-16(21)10-8-15)26-20-18(23)14(4)13(3)17(22)19(20)24/h5,7-10,12H,1,6,11H2,2-4H3. The molecule has 0 radical (unpaired) electrons. The highest BCUT2D eigenvalue weighted by atomic mass is 35.5. The van der Waals surface area contributed by atoms with Gasteiger partial charge in [-0.25, -0.2) is 17.5 Å². The molecule has 140 valence electrons. The summed E-state index contributed by atoms with van der Waals surface area (Å²) in [6, 6.07) is 7.16. The van der Waals surface area contributed by atoms with Gasteiger partial charge in [0.05, 0.1) is 4.90 Å². The van der Waals surface area contributed by atoms with E-state index in [1.165, 1.54) is 13.8 Å². The predicted octanol–water partition coefficient (Wildman–Crippen LogP) is 6.85. The van der Waals surface area contributed by atoms with E-state index < -0.39 is 17.5 Å². The first-order valence-electron chi connectivity index (χ1n) is 8.19. The minimum absolute atomic E-state index is 0.00672. The molecular weight excluding hydrogens is 379 g/mol. The van der Waals surface area contributed by atoms with Crippen molar-refractivity contribution in [2.45, 2.75) is 44.7 Å². The Hall–Kier alpha value is -1.43. The van der Waals surface area contributed by atoms with Gasteiger partial charge in [0.25, 0.3) is 0 Å². The summed E-state index contributed by atoms with van der Waals surface area (Å²) in [6.07, 6.45) is 2.37. The van der Waals surface area contributed by atoms with Crippen molar-refractivity contribution in [1.82, 2.24) is 4.31 Å². The minimum Gasteiger partial charge on any atom is -0.239 e. The number of benzene rings is 2. The lowest BCUT2D eigenvalue weighted by molar-refractivity contribution is 0.365. The number of rotatable bonds is 7. The second kappa shape index (κ2) is 8.98. The van der Waals surface area contributed by atoms with Crippen LogP contribution in [0, 0.1) is 31.3 Å². The van der Waals surface area contributed by atoms with Gasteiger partial charge in [-0.05, 0) is 68.0 Å². The van der Waals surface area contributed by atoms with Crippen molar-refractivity contribution >= 4 is 23.5 Å². The second-order valence-corrected chi connectivity index (χ2v) is 7.68. The van der Waals surface area contributed by atoms with Crippen LogP contribution in [0.15, 0.2) is 41.8 Å². The Kier molecular flexibility index (Phi) is 7.21. The van der Waals surface area contributed by atoms with Crippen molar-refractivity contribution < 1.29 is 13.2 Å². The van der Waals surface area contributed by atoms with Gasteiger partial charge in [-0.2, -0.15) is 0 Å². The quantitative estimate of drug-likeness (QED) is 0.284. The van der Waals surface area contributed by atoms with Gasteiger partial charge in [0.15, 0.2) is 11.6 Å². The van der Waals surface area contributed by atoms with E-state index in [4.69, 9.17) is 11.6 Å². The Bertz CT molecular complexity index is 764. The molecule has 1 atom stereocenters. The molecule has 2 aromatic rings. The van der Waals surface area contributed by atoms with Crippen LogP contribution in [0.5, 0.6) is 0 Å². The summed E-state index contributed by atoms with van der Waals surface area (Å²) in [7, 11) is 0. The maximum absolute atomic E-state index is 14.6. The summed E-state index contributed by atoms with van der Waals surface area (Å²) < 4.78 is 44.9. The molecule has 0 aliphatic heterocycles.